The molecule has 2 N–H and O–H groups in total. The van der Waals surface area contributed by atoms with Crippen LogP contribution in [0.15, 0.2) is 24.3 Å². The molecule has 21 heavy (non-hydrogen) atoms. The van der Waals surface area contributed by atoms with Crippen LogP contribution in [0.5, 0.6) is 0 Å². The SMILES string of the molecule is CC(O)CC(C)(C)CNC(=O)CSCc1ccc(Cl)cc1. The van der Waals surface area contributed by atoms with Gasteiger partial charge in [0, 0.05) is 17.3 Å². The Morgan fingerprint density at radius 3 is 2.57 bits per heavy atom. The molecule has 1 atom stereocenters. The number of benzene rings is 1. The Morgan fingerprint density at radius 1 is 1.38 bits per heavy atom. The molecule has 1 amide bonds. The molecular weight excluding hydrogens is 306 g/mol. The van der Waals surface area contributed by atoms with Gasteiger partial charge in [-0.1, -0.05) is 37.6 Å². The minimum Gasteiger partial charge on any atom is -0.393 e. The summed E-state index contributed by atoms with van der Waals surface area (Å²) in [5.41, 5.74) is 1.07. The van der Waals surface area contributed by atoms with Gasteiger partial charge in [0.2, 0.25) is 5.91 Å². The van der Waals surface area contributed by atoms with Gasteiger partial charge in [-0.3, -0.25) is 4.79 Å². The molecule has 0 radical (unpaired) electrons. The van der Waals surface area contributed by atoms with Crippen LogP contribution in [0.4, 0.5) is 0 Å². The van der Waals surface area contributed by atoms with E-state index in [1.54, 1.807) is 18.7 Å². The van der Waals surface area contributed by atoms with Gasteiger partial charge in [-0.15, -0.1) is 11.8 Å². The third kappa shape index (κ3) is 8.34. The molecule has 118 valence electrons. The molecule has 3 nitrogen and oxygen atoms in total. The van der Waals surface area contributed by atoms with Crippen LogP contribution in [-0.2, 0) is 10.5 Å². The molecule has 0 bridgehead atoms. The van der Waals surface area contributed by atoms with E-state index in [-0.39, 0.29) is 17.4 Å². The highest BCUT2D eigenvalue weighted by Crippen LogP contribution is 2.21. The van der Waals surface area contributed by atoms with E-state index in [1.165, 1.54) is 0 Å². The second kappa shape index (κ2) is 8.66. The lowest BCUT2D eigenvalue weighted by Crippen LogP contribution is -2.36. The topological polar surface area (TPSA) is 49.3 Å². The first-order valence-electron chi connectivity index (χ1n) is 7.05. The van der Waals surface area contributed by atoms with Crippen LogP contribution in [0.3, 0.4) is 0 Å². The van der Waals surface area contributed by atoms with Gasteiger partial charge < -0.3 is 10.4 Å². The number of thioether (sulfide) groups is 1. The summed E-state index contributed by atoms with van der Waals surface area (Å²) >= 11 is 7.41. The zero-order chi connectivity index (χ0) is 15.9. The van der Waals surface area contributed by atoms with Gasteiger partial charge in [0.1, 0.15) is 0 Å². The fourth-order valence-corrected chi connectivity index (χ4v) is 3.05. The van der Waals surface area contributed by atoms with Gasteiger partial charge in [0.15, 0.2) is 0 Å². The van der Waals surface area contributed by atoms with Gasteiger partial charge >= 0.3 is 0 Å². The Morgan fingerprint density at radius 2 is 2.00 bits per heavy atom. The molecule has 1 unspecified atom stereocenters. The summed E-state index contributed by atoms with van der Waals surface area (Å²) in [5, 5.41) is 13.1. The first-order valence-corrected chi connectivity index (χ1v) is 8.59. The van der Waals surface area contributed by atoms with Crippen molar-refractivity contribution in [2.75, 3.05) is 12.3 Å². The Kier molecular flexibility index (Phi) is 7.57. The van der Waals surface area contributed by atoms with Gasteiger partial charge in [0.25, 0.3) is 0 Å². The van der Waals surface area contributed by atoms with Crippen molar-refractivity contribution in [2.24, 2.45) is 5.41 Å². The van der Waals surface area contributed by atoms with Crippen LogP contribution in [-0.4, -0.2) is 29.4 Å². The number of amides is 1. The third-order valence-corrected chi connectivity index (χ3v) is 4.28. The van der Waals surface area contributed by atoms with Crippen molar-refractivity contribution in [1.29, 1.82) is 0 Å². The molecule has 0 aromatic heterocycles. The minimum atomic E-state index is -0.351. The maximum absolute atomic E-state index is 11.8. The van der Waals surface area contributed by atoms with Gasteiger partial charge in [-0.05, 0) is 36.5 Å². The smallest absolute Gasteiger partial charge is 0.230 e. The molecule has 0 heterocycles. The molecular formula is C16H24ClNO2S. The Balaban J connectivity index is 2.23. The maximum Gasteiger partial charge on any atom is 0.230 e. The zero-order valence-corrected chi connectivity index (χ0v) is 14.4. The molecule has 0 saturated carbocycles. The molecule has 1 rings (SSSR count). The number of carbonyl (C=O) groups is 1. The molecule has 0 aliphatic heterocycles. The largest absolute Gasteiger partial charge is 0.393 e. The average Bonchev–Trinajstić information content (AvgIpc) is 2.37. The number of hydrogen-bond acceptors (Lipinski definition) is 3. The number of aliphatic hydroxyl groups excluding tert-OH is 1. The highest BCUT2D eigenvalue weighted by molar-refractivity contribution is 7.99. The average molecular weight is 330 g/mol. The van der Waals surface area contributed by atoms with Crippen LogP contribution in [0.1, 0.15) is 32.8 Å². The van der Waals surface area contributed by atoms with E-state index in [4.69, 9.17) is 11.6 Å². The summed E-state index contributed by atoms with van der Waals surface area (Å²) in [7, 11) is 0. The summed E-state index contributed by atoms with van der Waals surface area (Å²) in [6.45, 7) is 6.44. The van der Waals surface area contributed by atoms with Crippen LogP contribution in [0.25, 0.3) is 0 Å². The van der Waals surface area contributed by atoms with E-state index >= 15 is 0 Å². The maximum atomic E-state index is 11.8. The first kappa shape index (κ1) is 18.3. The predicted octanol–water partition coefficient (Wildman–Crippen LogP) is 3.49. The molecule has 5 heteroatoms. The highest BCUT2D eigenvalue weighted by atomic mass is 35.5. The van der Waals surface area contributed by atoms with Crippen LogP contribution >= 0.6 is 23.4 Å². The standard InChI is InChI=1S/C16H24ClNO2S/c1-12(19)8-16(2,3)11-18-15(20)10-21-9-13-4-6-14(17)7-5-13/h4-7,12,19H,8-11H2,1-3H3,(H,18,20). The number of aliphatic hydroxyl groups is 1. The summed E-state index contributed by atoms with van der Waals surface area (Å²) in [5.74, 6) is 1.27. The van der Waals surface area contributed by atoms with Crippen molar-refractivity contribution in [2.45, 2.75) is 39.0 Å². The Hall–Kier alpha value is -0.710. The molecule has 0 spiro atoms. The Bertz CT molecular complexity index is 446. The Labute approximate surface area is 136 Å². The van der Waals surface area contributed by atoms with Crippen LogP contribution < -0.4 is 5.32 Å². The lowest BCUT2D eigenvalue weighted by Gasteiger charge is -2.26. The summed E-state index contributed by atoms with van der Waals surface area (Å²) in [6, 6.07) is 7.66. The number of carbonyl (C=O) groups excluding carboxylic acids is 1. The highest BCUT2D eigenvalue weighted by Gasteiger charge is 2.20. The quantitative estimate of drug-likeness (QED) is 0.767. The zero-order valence-electron chi connectivity index (χ0n) is 12.9. The van der Waals surface area contributed by atoms with Crippen LogP contribution in [0, 0.1) is 5.41 Å². The molecule has 0 aliphatic rings. The predicted molar refractivity (Wildman–Crippen MR) is 90.7 cm³/mol. The van der Waals surface area contributed by atoms with E-state index in [0.29, 0.717) is 18.7 Å². The minimum absolute atomic E-state index is 0.0348. The van der Waals surface area contributed by atoms with E-state index < -0.39 is 0 Å². The lowest BCUT2D eigenvalue weighted by molar-refractivity contribution is -0.119. The molecule has 0 fully saturated rings. The number of nitrogens with one attached hydrogen (secondary N) is 1. The summed E-state index contributed by atoms with van der Waals surface area (Å²) < 4.78 is 0. The number of halogens is 1. The second-order valence-corrected chi connectivity index (χ2v) is 7.54. The monoisotopic (exact) mass is 329 g/mol. The van der Waals surface area contributed by atoms with Crippen molar-refractivity contribution >= 4 is 29.3 Å². The van der Waals surface area contributed by atoms with Crippen molar-refractivity contribution < 1.29 is 9.90 Å². The van der Waals surface area contributed by atoms with Crippen molar-refractivity contribution in [3.63, 3.8) is 0 Å². The van der Waals surface area contributed by atoms with Crippen molar-refractivity contribution in [1.82, 2.24) is 5.32 Å². The van der Waals surface area contributed by atoms with E-state index in [2.05, 4.69) is 5.32 Å². The van der Waals surface area contributed by atoms with Crippen LogP contribution in [0.2, 0.25) is 5.02 Å². The van der Waals surface area contributed by atoms with E-state index in [0.717, 1.165) is 16.3 Å². The number of hydrogen-bond donors (Lipinski definition) is 2. The van der Waals surface area contributed by atoms with Gasteiger partial charge in [-0.25, -0.2) is 0 Å². The van der Waals surface area contributed by atoms with Gasteiger partial charge in [0.05, 0.1) is 11.9 Å². The molecule has 0 saturated heterocycles. The third-order valence-electron chi connectivity index (χ3n) is 3.03. The summed E-state index contributed by atoms with van der Waals surface area (Å²) in [4.78, 5) is 11.8. The normalized spacial score (nSPS) is 13.0. The lowest BCUT2D eigenvalue weighted by atomic mass is 9.87. The molecule has 1 aromatic carbocycles. The van der Waals surface area contributed by atoms with E-state index in [9.17, 15) is 9.90 Å². The number of rotatable bonds is 8. The molecule has 1 aromatic rings. The fourth-order valence-electron chi connectivity index (χ4n) is 2.10. The van der Waals surface area contributed by atoms with Crippen molar-refractivity contribution in [3.8, 4) is 0 Å². The second-order valence-electron chi connectivity index (χ2n) is 6.11. The van der Waals surface area contributed by atoms with E-state index in [1.807, 2.05) is 38.1 Å². The summed E-state index contributed by atoms with van der Waals surface area (Å²) in [6.07, 6.45) is 0.321. The van der Waals surface area contributed by atoms with Crippen molar-refractivity contribution in [3.05, 3.63) is 34.9 Å². The fraction of sp³-hybridized carbons (Fsp3) is 0.562. The first-order chi connectivity index (χ1) is 9.78. The van der Waals surface area contributed by atoms with Gasteiger partial charge in [-0.2, -0.15) is 0 Å². The molecule has 0 aliphatic carbocycles.